The van der Waals surface area contributed by atoms with Gasteiger partial charge in [0.15, 0.2) is 0 Å². The molecular formula is C16H20N2O2S. The van der Waals surface area contributed by atoms with Gasteiger partial charge in [0.1, 0.15) is 0 Å². The fourth-order valence-corrected chi connectivity index (χ4v) is 3.92. The fraction of sp³-hybridized carbons (Fsp3) is 0.500. The van der Waals surface area contributed by atoms with E-state index in [4.69, 9.17) is 0 Å². The van der Waals surface area contributed by atoms with Gasteiger partial charge in [0.05, 0.1) is 0 Å². The number of hydrogen-bond acceptors (Lipinski definition) is 3. The maximum Gasteiger partial charge on any atom is 0.253 e. The van der Waals surface area contributed by atoms with E-state index in [0.717, 1.165) is 12.0 Å². The van der Waals surface area contributed by atoms with Gasteiger partial charge in [-0.05, 0) is 42.4 Å². The van der Waals surface area contributed by atoms with E-state index < -0.39 is 0 Å². The van der Waals surface area contributed by atoms with E-state index in [1.807, 2.05) is 22.7 Å². The van der Waals surface area contributed by atoms with Crippen LogP contribution in [0, 0.1) is 0 Å². The number of aryl methyl sites for hydroxylation is 1. The van der Waals surface area contributed by atoms with Gasteiger partial charge >= 0.3 is 0 Å². The first-order valence-electron chi connectivity index (χ1n) is 7.45. The van der Waals surface area contributed by atoms with Crippen molar-refractivity contribution in [2.75, 3.05) is 31.9 Å². The molecule has 1 fully saturated rings. The average molecular weight is 304 g/mol. The highest BCUT2D eigenvalue weighted by Gasteiger charge is 2.24. The molecule has 0 N–H and O–H groups in total. The van der Waals surface area contributed by atoms with E-state index in [2.05, 4.69) is 12.1 Å². The maximum absolute atomic E-state index is 12.6. The molecule has 3 rings (SSSR count). The van der Waals surface area contributed by atoms with Crippen molar-refractivity contribution < 1.29 is 9.59 Å². The van der Waals surface area contributed by atoms with E-state index in [0.29, 0.717) is 26.2 Å². The number of benzene rings is 1. The molecule has 0 bridgehead atoms. The lowest BCUT2D eigenvalue weighted by Crippen LogP contribution is -2.50. The number of nitrogens with zero attached hydrogens (tertiary/aromatic N) is 2. The van der Waals surface area contributed by atoms with Crippen molar-refractivity contribution in [3.8, 4) is 0 Å². The first-order valence-corrected chi connectivity index (χ1v) is 8.44. The van der Waals surface area contributed by atoms with Gasteiger partial charge in [-0.15, -0.1) is 11.8 Å². The average Bonchev–Trinajstić information content (AvgIpc) is 2.54. The zero-order valence-corrected chi connectivity index (χ0v) is 13.1. The summed E-state index contributed by atoms with van der Waals surface area (Å²) in [4.78, 5) is 28.9. The minimum absolute atomic E-state index is 0.0907. The van der Waals surface area contributed by atoms with Gasteiger partial charge in [-0.25, -0.2) is 0 Å². The Labute approximate surface area is 129 Å². The van der Waals surface area contributed by atoms with E-state index in [9.17, 15) is 9.59 Å². The summed E-state index contributed by atoms with van der Waals surface area (Å²) >= 11 is 1.88. The zero-order valence-electron chi connectivity index (χ0n) is 12.3. The quantitative estimate of drug-likeness (QED) is 0.797. The van der Waals surface area contributed by atoms with Crippen LogP contribution in [0.25, 0.3) is 0 Å². The third-order valence-electron chi connectivity index (χ3n) is 4.17. The van der Waals surface area contributed by atoms with Crippen LogP contribution < -0.4 is 0 Å². The normalized spacial score (nSPS) is 18.3. The summed E-state index contributed by atoms with van der Waals surface area (Å²) in [7, 11) is 0. The van der Waals surface area contributed by atoms with Crippen molar-refractivity contribution in [2.24, 2.45) is 0 Å². The molecular weight excluding hydrogens is 284 g/mol. The predicted octanol–water partition coefficient (Wildman–Crippen LogP) is 2.03. The Bertz CT molecular complexity index is 565. The molecule has 1 aromatic rings. The molecule has 0 spiro atoms. The van der Waals surface area contributed by atoms with Gasteiger partial charge in [0, 0.05) is 43.6 Å². The Hall–Kier alpha value is -1.49. The Morgan fingerprint density at radius 1 is 1.10 bits per heavy atom. The van der Waals surface area contributed by atoms with Crippen molar-refractivity contribution in [2.45, 2.75) is 24.7 Å². The highest BCUT2D eigenvalue weighted by atomic mass is 32.2. The Morgan fingerprint density at radius 2 is 1.81 bits per heavy atom. The number of piperazine rings is 1. The van der Waals surface area contributed by atoms with E-state index >= 15 is 0 Å². The van der Waals surface area contributed by atoms with Crippen LogP contribution in [0.2, 0.25) is 0 Å². The SMILES string of the molecule is CC(=O)N1CCN(C(=O)c2ccc3c(c2)CCCS3)CC1. The second kappa shape index (κ2) is 6.10. The van der Waals surface area contributed by atoms with Crippen LogP contribution in [0.15, 0.2) is 23.1 Å². The number of fused-ring (bicyclic) bond motifs is 1. The zero-order chi connectivity index (χ0) is 14.8. The summed E-state index contributed by atoms with van der Waals surface area (Å²) < 4.78 is 0. The minimum Gasteiger partial charge on any atom is -0.339 e. The van der Waals surface area contributed by atoms with Crippen LogP contribution in [-0.4, -0.2) is 53.5 Å². The summed E-state index contributed by atoms with van der Waals surface area (Å²) in [5.41, 5.74) is 2.09. The molecule has 1 aromatic carbocycles. The van der Waals surface area contributed by atoms with Gasteiger partial charge in [0.25, 0.3) is 5.91 Å². The number of carbonyl (C=O) groups excluding carboxylic acids is 2. The van der Waals surface area contributed by atoms with Crippen molar-refractivity contribution in [1.82, 2.24) is 9.80 Å². The molecule has 4 nitrogen and oxygen atoms in total. The third kappa shape index (κ3) is 3.07. The Kier molecular flexibility index (Phi) is 4.19. The molecule has 2 aliphatic heterocycles. The van der Waals surface area contributed by atoms with Crippen LogP contribution in [0.3, 0.4) is 0 Å². The number of hydrogen-bond donors (Lipinski definition) is 0. The molecule has 0 aromatic heterocycles. The van der Waals surface area contributed by atoms with Gasteiger partial charge in [-0.1, -0.05) is 0 Å². The molecule has 2 amide bonds. The summed E-state index contributed by atoms with van der Waals surface area (Å²) in [5, 5.41) is 0. The molecule has 0 aliphatic carbocycles. The molecule has 0 saturated carbocycles. The maximum atomic E-state index is 12.6. The fourth-order valence-electron chi connectivity index (χ4n) is 2.90. The van der Waals surface area contributed by atoms with Gasteiger partial charge in [-0.3, -0.25) is 9.59 Å². The summed E-state index contributed by atoms with van der Waals surface area (Å²) in [6, 6.07) is 6.08. The van der Waals surface area contributed by atoms with Gasteiger partial charge < -0.3 is 9.80 Å². The highest BCUT2D eigenvalue weighted by Crippen LogP contribution is 2.30. The van der Waals surface area contributed by atoms with Crippen molar-refractivity contribution in [3.05, 3.63) is 29.3 Å². The lowest BCUT2D eigenvalue weighted by Gasteiger charge is -2.34. The smallest absolute Gasteiger partial charge is 0.253 e. The molecule has 112 valence electrons. The number of carbonyl (C=O) groups is 2. The van der Waals surface area contributed by atoms with Crippen molar-refractivity contribution >= 4 is 23.6 Å². The Balaban J connectivity index is 1.70. The molecule has 2 heterocycles. The molecule has 2 aliphatic rings. The molecule has 0 unspecified atom stereocenters. The van der Waals surface area contributed by atoms with Gasteiger partial charge in [-0.2, -0.15) is 0 Å². The first kappa shape index (κ1) is 14.4. The lowest BCUT2D eigenvalue weighted by atomic mass is 10.1. The summed E-state index contributed by atoms with van der Waals surface area (Å²) in [6.07, 6.45) is 2.26. The molecule has 1 saturated heterocycles. The number of amides is 2. The van der Waals surface area contributed by atoms with Crippen molar-refractivity contribution in [1.29, 1.82) is 0 Å². The largest absolute Gasteiger partial charge is 0.339 e. The second-order valence-electron chi connectivity index (χ2n) is 5.57. The van der Waals surface area contributed by atoms with Gasteiger partial charge in [0.2, 0.25) is 5.91 Å². The van der Waals surface area contributed by atoms with E-state index in [1.54, 1.807) is 11.8 Å². The topological polar surface area (TPSA) is 40.6 Å². The summed E-state index contributed by atoms with van der Waals surface area (Å²) in [6.45, 7) is 4.12. The molecule has 5 heteroatoms. The highest BCUT2D eigenvalue weighted by molar-refractivity contribution is 7.99. The second-order valence-corrected chi connectivity index (χ2v) is 6.71. The monoisotopic (exact) mass is 304 g/mol. The van der Waals surface area contributed by atoms with Crippen LogP contribution in [0.5, 0.6) is 0 Å². The third-order valence-corrected chi connectivity index (χ3v) is 5.37. The van der Waals surface area contributed by atoms with E-state index in [-0.39, 0.29) is 11.8 Å². The summed E-state index contributed by atoms with van der Waals surface area (Å²) in [5.74, 6) is 1.36. The standard InChI is InChI=1S/C16H20N2O2S/c1-12(19)17-6-8-18(9-7-17)16(20)14-4-5-15-13(11-14)3-2-10-21-15/h4-5,11H,2-3,6-10H2,1H3. The first-order chi connectivity index (χ1) is 10.1. The van der Waals surface area contributed by atoms with Crippen molar-refractivity contribution in [3.63, 3.8) is 0 Å². The van der Waals surface area contributed by atoms with Crippen LogP contribution in [0.4, 0.5) is 0 Å². The Morgan fingerprint density at radius 3 is 2.52 bits per heavy atom. The number of rotatable bonds is 1. The predicted molar refractivity (Wildman–Crippen MR) is 83.6 cm³/mol. The van der Waals surface area contributed by atoms with E-state index in [1.165, 1.54) is 22.6 Å². The van der Waals surface area contributed by atoms with Crippen LogP contribution >= 0.6 is 11.8 Å². The lowest BCUT2D eigenvalue weighted by molar-refractivity contribution is -0.130. The molecule has 0 radical (unpaired) electrons. The molecule has 21 heavy (non-hydrogen) atoms. The van der Waals surface area contributed by atoms with Crippen LogP contribution in [-0.2, 0) is 11.2 Å². The van der Waals surface area contributed by atoms with Crippen LogP contribution in [0.1, 0.15) is 29.3 Å². The number of thioether (sulfide) groups is 1. The molecule has 0 atom stereocenters. The minimum atomic E-state index is 0.0907.